The second-order valence-corrected chi connectivity index (χ2v) is 8.68. The number of rotatable bonds is 5. The summed E-state index contributed by atoms with van der Waals surface area (Å²) in [6.07, 6.45) is 2.62. The normalized spacial score (nSPS) is 19.9. The highest BCUT2D eigenvalue weighted by atomic mass is 16.6. The minimum absolute atomic E-state index is 0.0192. The molecule has 6 nitrogen and oxygen atoms in total. The van der Waals surface area contributed by atoms with Crippen LogP contribution < -0.4 is 5.73 Å². The van der Waals surface area contributed by atoms with E-state index in [1.54, 1.807) is 4.90 Å². The zero-order chi connectivity index (χ0) is 19.4. The van der Waals surface area contributed by atoms with Crippen molar-refractivity contribution in [2.75, 3.05) is 13.1 Å². The topological polar surface area (TPSA) is 75.9 Å². The Hall–Kier alpha value is -1.30. The summed E-state index contributed by atoms with van der Waals surface area (Å²) in [5, 5.41) is 0. The van der Waals surface area contributed by atoms with Gasteiger partial charge in [0.05, 0.1) is 12.1 Å². The first-order chi connectivity index (χ1) is 11.4. The largest absolute Gasteiger partial charge is 0.444 e. The predicted molar refractivity (Wildman–Crippen MR) is 100 cm³/mol. The van der Waals surface area contributed by atoms with Crippen molar-refractivity contribution in [2.45, 2.75) is 91.5 Å². The van der Waals surface area contributed by atoms with Crippen LogP contribution in [0.5, 0.6) is 0 Å². The summed E-state index contributed by atoms with van der Waals surface area (Å²) in [7, 11) is 0. The number of piperidine rings is 1. The van der Waals surface area contributed by atoms with Crippen LogP contribution in [0.1, 0.15) is 67.7 Å². The SMILES string of the molecule is CC(C)[C@H](N)C(=O)N(C[C@H]1CCCCN1C(=O)OC(C)(C)C)C(C)C. The Morgan fingerprint density at radius 1 is 1.20 bits per heavy atom. The van der Waals surface area contributed by atoms with Crippen molar-refractivity contribution in [1.82, 2.24) is 9.80 Å². The van der Waals surface area contributed by atoms with Gasteiger partial charge in [-0.3, -0.25) is 4.79 Å². The fraction of sp³-hybridized carbons (Fsp3) is 0.895. The molecule has 0 unspecified atom stereocenters. The molecule has 1 aliphatic rings. The van der Waals surface area contributed by atoms with Gasteiger partial charge in [-0.25, -0.2) is 4.79 Å². The van der Waals surface area contributed by atoms with E-state index in [-0.39, 0.29) is 30.0 Å². The van der Waals surface area contributed by atoms with E-state index >= 15 is 0 Å². The number of nitrogens with zero attached hydrogens (tertiary/aromatic N) is 2. The molecule has 0 aliphatic carbocycles. The second kappa shape index (κ2) is 8.88. The lowest BCUT2D eigenvalue weighted by molar-refractivity contribution is -0.136. The number of carbonyl (C=O) groups excluding carboxylic acids is 2. The van der Waals surface area contributed by atoms with Crippen LogP contribution in [0.15, 0.2) is 0 Å². The maximum absolute atomic E-state index is 12.8. The molecule has 6 heteroatoms. The lowest BCUT2D eigenvalue weighted by Crippen LogP contribution is -2.56. The maximum atomic E-state index is 12.8. The van der Waals surface area contributed by atoms with Crippen molar-refractivity contribution in [1.29, 1.82) is 0 Å². The van der Waals surface area contributed by atoms with E-state index < -0.39 is 11.6 Å². The first-order valence-corrected chi connectivity index (χ1v) is 9.49. The Balaban J connectivity index is 2.89. The monoisotopic (exact) mass is 355 g/mol. The van der Waals surface area contributed by atoms with E-state index in [0.29, 0.717) is 13.1 Å². The van der Waals surface area contributed by atoms with Crippen LogP contribution in [0.2, 0.25) is 0 Å². The van der Waals surface area contributed by atoms with Gasteiger partial charge in [0.15, 0.2) is 0 Å². The maximum Gasteiger partial charge on any atom is 0.410 e. The summed E-state index contributed by atoms with van der Waals surface area (Å²) in [6.45, 7) is 14.7. The summed E-state index contributed by atoms with van der Waals surface area (Å²) in [4.78, 5) is 28.9. The summed E-state index contributed by atoms with van der Waals surface area (Å²) in [6, 6.07) is -0.491. The highest BCUT2D eigenvalue weighted by molar-refractivity contribution is 5.82. The van der Waals surface area contributed by atoms with Crippen LogP contribution in [-0.2, 0) is 9.53 Å². The molecule has 2 atom stereocenters. The summed E-state index contributed by atoms with van der Waals surface area (Å²) >= 11 is 0. The molecule has 0 radical (unpaired) electrons. The molecular weight excluding hydrogens is 318 g/mol. The van der Waals surface area contributed by atoms with Gasteiger partial charge in [0.2, 0.25) is 5.91 Å². The molecule has 0 aromatic heterocycles. The molecular formula is C19H37N3O3. The minimum Gasteiger partial charge on any atom is -0.444 e. The van der Waals surface area contributed by atoms with Gasteiger partial charge in [0.1, 0.15) is 5.60 Å². The van der Waals surface area contributed by atoms with Crippen LogP contribution in [-0.4, -0.2) is 58.6 Å². The zero-order valence-electron chi connectivity index (χ0n) is 17.0. The predicted octanol–water partition coefficient (Wildman–Crippen LogP) is 3.00. The highest BCUT2D eigenvalue weighted by Gasteiger charge is 2.34. The fourth-order valence-corrected chi connectivity index (χ4v) is 3.01. The molecule has 25 heavy (non-hydrogen) atoms. The third kappa shape index (κ3) is 6.49. The van der Waals surface area contributed by atoms with Gasteiger partial charge in [-0.15, -0.1) is 0 Å². The molecule has 1 heterocycles. The van der Waals surface area contributed by atoms with Gasteiger partial charge in [0, 0.05) is 19.1 Å². The van der Waals surface area contributed by atoms with Crippen LogP contribution >= 0.6 is 0 Å². The molecule has 2 N–H and O–H groups in total. The van der Waals surface area contributed by atoms with Crippen molar-refractivity contribution in [3.05, 3.63) is 0 Å². The first-order valence-electron chi connectivity index (χ1n) is 9.49. The Morgan fingerprint density at radius 2 is 1.80 bits per heavy atom. The number of amides is 2. The van der Waals surface area contributed by atoms with Crippen LogP contribution in [0, 0.1) is 5.92 Å². The molecule has 1 saturated heterocycles. The third-order valence-corrected chi connectivity index (χ3v) is 4.57. The van der Waals surface area contributed by atoms with Gasteiger partial charge >= 0.3 is 6.09 Å². The summed E-state index contributed by atoms with van der Waals surface area (Å²) in [5.41, 5.74) is 5.56. The molecule has 146 valence electrons. The van der Waals surface area contributed by atoms with Crippen molar-refractivity contribution < 1.29 is 14.3 Å². The van der Waals surface area contributed by atoms with Gasteiger partial charge in [0.25, 0.3) is 0 Å². The minimum atomic E-state index is -0.521. The standard InChI is InChI=1S/C19H37N3O3/c1-13(2)16(20)17(23)22(14(3)4)12-15-10-8-9-11-21(15)18(24)25-19(5,6)7/h13-16H,8-12,20H2,1-7H3/t15-,16+/m1/s1. The molecule has 1 rings (SSSR count). The van der Waals surface area contributed by atoms with Crippen LogP contribution in [0.4, 0.5) is 4.79 Å². The molecule has 0 bridgehead atoms. The van der Waals surface area contributed by atoms with Crippen LogP contribution in [0.25, 0.3) is 0 Å². The Morgan fingerprint density at radius 3 is 2.28 bits per heavy atom. The molecule has 1 aliphatic heterocycles. The van der Waals surface area contributed by atoms with Gasteiger partial charge in [-0.05, 0) is 59.8 Å². The number of hydrogen-bond donors (Lipinski definition) is 1. The van der Waals surface area contributed by atoms with E-state index in [9.17, 15) is 9.59 Å². The molecule has 0 spiro atoms. The summed E-state index contributed by atoms with van der Waals surface area (Å²) in [5.74, 6) is 0.0433. The Bertz CT molecular complexity index is 457. The summed E-state index contributed by atoms with van der Waals surface area (Å²) < 4.78 is 5.55. The Labute approximate surface area is 153 Å². The number of likely N-dealkylation sites (tertiary alicyclic amines) is 1. The van der Waals surface area contributed by atoms with Crippen molar-refractivity contribution in [3.63, 3.8) is 0 Å². The van der Waals surface area contributed by atoms with Gasteiger partial charge in [-0.2, -0.15) is 0 Å². The quantitative estimate of drug-likeness (QED) is 0.822. The number of ether oxygens (including phenoxy) is 1. The first kappa shape index (κ1) is 21.7. The van der Waals surface area contributed by atoms with Crippen molar-refractivity contribution >= 4 is 12.0 Å². The van der Waals surface area contributed by atoms with E-state index in [0.717, 1.165) is 19.3 Å². The lowest BCUT2D eigenvalue weighted by atomic mass is 9.99. The van der Waals surface area contributed by atoms with Gasteiger partial charge < -0.3 is 20.3 Å². The number of hydrogen-bond acceptors (Lipinski definition) is 4. The van der Waals surface area contributed by atoms with E-state index in [2.05, 4.69) is 0 Å². The molecule has 0 saturated carbocycles. The third-order valence-electron chi connectivity index (χ3n) is 4.57. The average molecular weight is 356 g/mol. The molecule has 2 amide bonds. The highest BCUT2D eigenvalue weighted by Crippen LogP contribution is 2.22. The second-order valence-electron chi connectivity index (χ2n) is 8.68. The Kier molecular flexibility index (Phi) is 7.72. The van der Waals surface area contributed by atoms with Gasteiger partial charge in [-0.1, -0.05) is 13.8 Å². The van der Waals surface area contributed by atoms with E-state index in [1.165, 1.54) is 0 Å². The van der Waals surface area contributed by atoms with Crippen molar-refractivity contribution in [3.8, 4) is 0 Å². The van der Waals surface area contributed by atoms with E-state index in [4.69, 9.17) is 10.5 Å². The number of nitrogens with two attached hydrogens (primary N) is 1. The number of carbonyl (C=O) groups is 2. The van der Waals surface area contributed by atoms with Crippen molar-refractivity contribution in [2.24, 2.45) is 11.7 Å². The van der Waals surface area contributed by atoms with Crippen LogP contribution in [0.3, 0.4) is 0 Å². The average Bonchev–Trinajstić information content (AvgIpc) is 2.49. The molecule has 0 aromatic rings. The smallest absolute Gasteiger partial charge is 0.410 e. The zero-order valence-corrected chi connectivity index (χ0v) is 17.0. The molecule has 0 aromatic carbocycles. The lowest BCUT2D eigenvalue weighted by Gasteiger charge is -2.41. The van der Waals surface area contributed by atoms with E-state index in [1.807, 2.05) is 53.4 Å². The molecule has 1 fully saturated rings. The fourth-order valence-electron chi connectivity index (χ4n) is 3.01.